The van der Waals surface area contributed by atoms with Gasteiger partial charge in [-0.3, -0.25) is 9.55 Å². The van der Waals surface area contributed by atoms with Gasteiger partial charge in [-0.2, -0.15) is 0 Å². The highest BCUT2D eigenvalue weighted by Crippen LogP contribution is 2.45. The maximum Gasteiger partial charge on any atom is 0.138 e. The highest BCUT2D eigenvalue weighted by Gasteiger charge is 2.24. The summed E-state index contributed by atoms with van der Waals surface area (Å²) in [5, 5.41) is 4.70. The molecule has 0 N–H and O–H groups in total. The van der Waals surface area contributed by atoms with Gasteiger partial charge < -0.3 is 14.4 Å². The minimum Gasteiger partial charge on any atom is -0.311 e. The highest BCUT2D eigenvalue weighted by molar-refractivity contribution is 6.12. The van der Waals surface area contributed by atoms with Gasteiger partial charge in [-0.25, -0.2) is 4.98 Å². The van der Waals surface area contributed by atoms with Crippen LogP contribution < -0.4 is 9.80 Å². The Morgan fingerprint density at radius 3 is 1.24 bits per heavy atom. The van der Waals surface area contributed by atoms with E-state index in [-0.39, 0.29) is 5.41 Å². The Hall–Kier alpha value is -11.9. The third-order valence-corrected chi connectivity index (χ3v) is 18.5. The molecule has 0 saturated carbocycles. The number of aromatic nitrogens is 4. The quantitative estimate of drug-likeness (QED) is 0.115. The molecule has 16 aromatic rings. The molecule has 0 spiro atoms. The number of rotatable bonds is 13. The number of hydrogen-bond donors (Lipinski definition) is 0. The Bertz CT molecular complexity index is 5210. The molecule has 12 aromatic carbocycles. The zero-order valence-electron chi connectivity index (χ0n) is 53.3. The van der Waals surface area contributed by atoms with Crippen LogP contribution in [0.3, 0.4) is 0 Å². The van der Waals surface area contributed by atoms with Crippen LogP contribution >= 0.6 is 0 Å². The average molecular weight is 1210 g/mol. The molecule has 16 rings (SSSR count). The molecule has 0 atom stereocenters. The van der Waals surface area contributed by atoms with Gasteiger partial charge in [0.1, 0.15) is 5.82 Å². The van der Waals surface area contributed by atoms with Crippen molar-refractivity contribution in [3.8, 4) is 67.3 Å². The molecule has 0 aliphatic rings. The smallest absolute Gasteiger partial charge is 0.138 e. The molecular weight excluding hydrogens is 1140 g/mol. The van der Waals surface area contributed by atoms with Gasteiger partial charge in [0.05, 0.1) is 33.4 Å². The SMILES string of the molecule is Cc1ccc(-c2ccccc2-c2cc(-c3ccccc3-n3c4ccccc4c4cc(C(C)(C)C)ccc43)nc(-n3c4ccc(-c5ccc(N(c6ccccc6)c6ccccc6)cc5)cc4c4cc(-c5ccc(N(c6ccccc6)c6ccccc6)cc5)ccc43)c2)c(C)n1. The van der Waals surface area contributed by atoms with Gasteiger partial charge in [-0.1, -0.05) is 203 Å². The number of hydrogen-bond acceptors (Lipinski definition) is 4. The number of anilines is 6. The normalized spacial score (nSPS) is 11.7. The lowest BCUT2D eigenvalue weighted by molar-refractivity contribution is 0.591. The summed E-state index contributed by atoms with van der Waals surface area (Å²) in [6.07, 6.45) is 0. The van der Waals surface area contributed by atoms with E-state index in [0.717, 1.165) is 146 Å². The topological polar surface area (TPSA) is 42.1 Å². The fraction of sp³-hybridized carbons (Fsp3) is 0.0682. The van der Waals surface area contributed by atoms with E-state index < -0.39 is 0 Å². The fourth-order valence-corrected chi connectivity index (χ4v) is 13.9. The lowest BCUT2D eigenvalue weighted by atomic mass is 9.86. The highest BCUT2D eigenvalue weighted by atomic mass is 15.1. The lowest BCUT2D eigenvalue weighted by Crippen LogP contribution is -2.10. The molecular formula is C88H68N6. The standard InChI is InChI=1S/C88H68N6/c1-59-38-50-73(60(2)89-59)75-33-19-18-32-74(75)65-56-81(77-35-21-23-37-83(77)93-82-36-22-20-34-76(82)80-58-66(88(3,4)5)45-53-84(80)93)90-87(57-65)94-85-51-43-63(61-39-46-71(47-40-61)91(67-24-10-6-11-25-67)68-26-12-7-13-27-68)54-78(85)79-55-64(44-52-86(79)94)62-41-48-72(49-42-62)92(69-28-14-8-15-29-69)70-30-16-9-17-31-70/h6-58H,1-5H3. The van der Waals surface area contributed by atoms with E-state index in [1.807, 2.05) is 0 Å². The number of fused-ring (bicyclic) bond motifs is 6. The van der Waals surface area contributed by atoms with Gasteiger partial charge in [-0.05, 0) is 203 Å². The molecule has 6 heteroatoms. The summed E-state index contributed by atoms with van der Waals surface area (Å²) in [5.41, 5.74) is 26.0. The fourth-order valence-electron chi connectivity index (χ4n) is 13.9. The van der Waals surface area contributed by atoms with E-state index in [1.165, 1.54) is 16.3 Å². The minimum absolute atomic E-state index is 0.0193. The largest absolute Gasteiger partial charge is 0.311 e. The van der Waals surface area contributed by atoms with Gasteiger partial charge >= 0.3 is 0 Å². The van der Waals surface area contributed by atoms with E-state index in [4.69, 9.17) is 9.97 Å². The predicted molar refractivity (Wildman–Crippen MR) is 395 cm³/mol. The molecule has 0 radical (unpaired) electrons. The van der Waals surface area contributed by atoms with Crippen LogP contribution in [0.2, 0.25) is 0 Å². The van der Waals surface area contributed by atoms with Crippen molar-refractivity contribution in [3.05, 3.63) is 338 Å². The zero-order chi connectivity index (χ0) is 63.4. The van der Waals surface area contributed by atoms with E-state index in [1.54, 1.807) is 0 Å². The molecule has 94 heavy (non-hydrogen) atoms. The summed E-state index contributed by atoms with van der Waals surface area (Å²) in [6.45, 7) is 11.1. The first-order valence-electron chi connectivity index (χ1n) is 32.4. The number of para-hydroxylation sites is 6. The molecule has 0 bridgehead atoms. The first-order chi connectivity index (χ1) is 46.1. The Kier molecular flexibility index (Phi) is 14.5. The van der Waals surface area contributed by atoms with Gasteiger partial charge in [0.2, 0.25) is 0 Å². The van der Waals surface area contributed by atoms with E-state index in [0.29, 0.717) is 0 Å². The van der Waals surface area contributed by atoms with Crippen LogP contribution in [0.15, 0.2) is 322 Å². The van der Waals surface area contributed by atoms with Crippen molar-refractivity contribution in [1.29, 1.82) is 0 Å². The van der Waals surface area contributed by atoms with Crippen LogP contribution in [-0.4, -0.2) is 19.1 Å². The van der Waals surface area contributed by atoms with Crippen molar-refractivity contribution in [1.82, 2.24) is 19.1 Å². The van der Waals surface area contributed by atoms with Crippen molar-refractivity contribution in [2.45, 2.75) is 40.0 Å². The van der Waals surface area contributed by atoms with Crippen molar-refractivity contribution < 1.29 is 0 Å². The van der Waals surface area contributed by atoms with E-state index >= 15 is 0 Å². The summed E-state index contributed by atoms with van der Waals surface area (Å²) in [6, 6.07) is 117. The average Bonchev–Trinajstić information content (AvgIpc) is 1.55. The maximum absolute atomic E-state index is 5.92. The van der Waals surface area contributed by atoms with Crippen molar-refractivity contribution in [2.24, 2.45) is 0 Å². The van der Waals surface area contributed by atoms with Crippen LogP contribution in [0, 0.1) is 13.8 Å². The maximum atomic E-state index is 5.92. The van der Waals surface area contributed by atoms with Crippen molar-refractivity contribution in [3.63, 3.8) is 0 Å². The third-order valence-electron chi connectivity index (χ3n) is 18.5. The first kappa shape index (κ1) is 57.3. The van der Waals surface area contributed by atoms with E-state index in [9.17, 15) is 0 Å². The molecule has 0 amide bonds. The van der Waals surface area contributed by atoms with Crippen LogP contribution in [0.25, 0.3) is 111 Å². The lowest BCUT2D eigenvalue weighted by Gasteiger charge is -2.25. The van der Waals surface area contributed by atoms with Gasteiger partial charge in [0.25, 0.3) is 0 Å². The molecule has 0 aliphatic heterocycles. The first-order valence-corrected chi connectivity index (χ1v) is 32.4. The monoisotopic (exact) mass is 1210 g/mol. The predicted octanol–water partition coefficient (Wildman–Crippen LogP) is 23.9. The Morgan fingerprint density at radius 1 is 0.287 bits per heavy atom. The number of aryl methyl sites for hydroxylation is 2. The molecule has 0 aliphatic carbocycles. The van der Waals surface area contributed by atoms with Gasteiger partial charge in [0, 0.05) is 78.2 Å². The van der Waals surface area contributed by atoms with Crippen LogP contribution in [-0.2, 0) is 5.41 Å². The van der Waals surface area contributed by atoms with Crippen molar-refractivity contribution in [2.75, 3.05) is 9.80 Å². The minimum atomic E-state index is -0.0193. The summed E-state index contributed by atoms with van der Waals surface area (Å²) >= 11 is 0. The molecule has 0 fully saturated rings. The van der Waals surface area contributed by atoms with Gasteiger partial charge in [0.15, 0.2) is 0 Å². The second-order valence-electron chi connectivity index (χ2n) is 25.5. The van der Waals surface area contributed by atoms with Crippen LogP contribution in [0.1, 0.15) is 37.7 Å². The molecule has 4 aromatic heterocycles. The summed E-state index contributed by atoms with van der Waals surface area (Å²) in [4.78, 5) is 15.5. The molecule has 450 valence electrons. The number of benzene rings is 12. The zero-order valence-corrected chi connectivity index (χ0v) is 53.3. The van der Waals surface area contributed by atoms with Crippen LogP contribution in [0.5, 0.6) is 0 Å². The Balaban J connectivity index is 0.907. The van der Waals surface area contributed by atoms with E-state index in [2.05, 4.69) is 375 Å². The second kappa shape index (κ2) is 23.7. The van der Waals surface area contributed by atoms with Crippen LogP contribution in [0.4, 0.5) is 34.1 Å². The van der Waals surface area contributed by atoms with Gasteiger partial charge in [-0.15, -0.1) is 0 Å². The molecule has 4 heterocycles. The summed E-state index contributed by atoms with van der Waals surface area (Å²) in [5.74, 6) is 0.811. The summed E-state index contributed by atoms with van der Waals surface area (Å²) in [7, 11) is 0. The summed E-state index contributed by atoms with van der Waals surface area (Å²) < 4.78 is 4.84. The molecule has 0 unspecified atom stereocenters. The molecule has 0 saturated heterocycles. The second-order valence-corrected chi connectivity index (χ2v) is 25.5. The number of pyridine rings is 2. The van der Waals surface area contributed by atoms with Crippen molar-refractivity contribution >= 4 is 77.7 Å². The molecule has 6 nitrogen and oxygen atoms in total. The number of nitrogens with zero attached hydrogens (tertiary/aromatic N) is 6. The third kappa shape index (κ3) is 10.5. The Morgan fingerprint density at radius 2 is 0.713 bits per heavy atom. The Labute approximate surface area is 549 Å².